The summed E-state index contributed by atoms with van der Waals surface area (Å²) in [4.78, 5) is 27.6. The van der Waals surface area contributed by atoms with Crippen LogP contribution in [0.2, 0.25) is 0 Å². The lowest BCUT2D eigenvalue weighted by molar-refractivity contribution is -0.118. The quantitative estimate of drug-likeness (QED) is 0.725. The molecule has 5 nitrogen and oxygen atoms in total. The van der Waals surface area contributed by atoms with Gasteiger partial charge in [-0.1, -0.05) is 60.7 Å². The van der Waals surface area contributed by atoms with Crippen molar-refractivity contribution in [3.05, 3.63) is 90.0 Å². The third kappa shape index (κ3) is 3.47. The largest absolute Gasteiger partial charge is 0.345 e. The molecule has 2 N–H and O–H groups in total. The second-order valence-corrected chi connectivity index (χ2v) is 6.81. The molecule has 3 aromatic rings. The number of hydrogen-bond acceptors (Lipinski definition) is 3. The van der Waals surface area contributed by atoms with Gasteiger partial charge in [-0.05, 0) is 36.2 Å². The highest BCUT2D eigenvalue weighted by Crippen LogP contribution is 2.36. The summed E-state index contributed by atoms with van der Waals surface area (Å²) in [6, 6.07) is 24.1. The van der Waals surface area contributed by atoms with Crippen LogP contribution in [0.25, 0.3) is 0 Å². The maximum Gasteiger partial charge on any atom is 0.251 e. The fourth-order valence-corrected chi connectivity index (χ4v) is 3.51. The molecule has 2 amide bonds. The van der Waals surface area contributed by atoms with E-state index in [0.717, 1.165) is 22.5 Å². The highest BCUT2D eigenvalue weighted by molar-refractivity contribution is 6.05. The minimum atomic E-state index is -0.631. The van der Waals surface area contributed by atoms with E-state index in [-0.39, 0.29) is 18.4 Å². The Balaban J connectivity index is 1.76. The first-order valence-electron chi connectivity index (χ1n) is 9.20. The lowest BCUT2D eigenvalue weighted by Crippen LogP contribution is -2.45. The van der Waals surface area contributed by atoms with Gasteiger partial charge in [0.15, 0.2) is 0 Å². The predicted molar refractivity (Wildman–Crippen MR) is 111 cm³/mol. The van der Waals surface area contributed by atoms with E-state index in [1.165, 1.54) is 0 Å². The Kier molecular flexibility index (Phi) is 4.81. The first-order chi connectivity index (χ1) is 13.6. The first kappa shape index (κ1) is 17.8. The molecule has 3 aromatic carbocycles. The van der Waals surface area contributed by atoms with E-state index in [1.54, 1.807) is 0 Å². The average Bonchev–Trinajstić information content (AvgIpc) is 2.70. The summed E-state index contributed by atoms with van der Waals surface area (Å²) in [7, 11) is 0. The number of carbonyl (C=O) groups is 2. The van der Waals surface area contributed by atoms with Crippen molar-refractivity contribution in [3.8, 4) is 0 Å². The first-order valence-corrected chi connectivity index (χ1v) is 9.20. The van der Waals surface area contributed by atoms with Crippen molar-refractivity contribution in [3.63, 3.8) is 0 Å². The number of nitrogens with one attached hydrogen (secondary N) is 2. The Hall–Kier alpha value is -3.60. The van der Waals surface area contributed by atoms with E-state index in [1.807, 2.05) is 90.7 Å². The molecule has 0 spiro atoms. The number of hydrogen-bond donors (Lipinski definition) is 2. The van der Waals surface area contributed by atoms with Crippen LogP contribution < -0.4 is 15.5 Å². The molecule has 4 rings (SSSR count). The molecule has 28 heavy (non-hydrogen) atoms. The normalized spacial score (nSPS) is 14.0. The van der Waals surface area contributed by atoms with Crippen LogP contribution in [0.15, 0.2) is 78.9 Å². The molecule has 1 aliphatic heterocycles. The molecule has 1 atom stereocenters. The lowest BCUT2D eigenvalue weighted by atomic mass is 10.0. The number of benzene rings is 3. The van der Waals surface area contributed by atoms with Crippen LogP contribution in [0.1, 0.15) is 17.2 Å². The number of nitrogens with zero attached hydrogens (tertiary/aromatic N) is 1. The molecule has 0 bridgehead atoms. The van der Waals surface area contributed by atoms with E-state index in [4.69, 9.17) is 0 Å². The van der Waals surface area contributed by atoms with Gasteiger partial charge in [0.05, 0.1) is 17.9 Å². The molecular weight excluding hydrogens is 350 g/mol. The molecule has 0 saturated carbocycles. The van der Waals surface area contributed by atoms with Gasteiger partial charge in [0.2, 0.25) is 5.91 Å². The molecule has 0 fully saturated rings. The van der Waals surface area contributed by atoms with E-state index in [9.17, 15) is 9.59 Å². The van der Waals surface area contributed by atoms with Crippen molar-refractivity contribution in [2.75, 3.05) is 22.1 Å². The zero-order valence-corrected chi connectivity index (χ0v) is 15.6. The Labute approximate surface area is 164 Å². The van der Waals surface area contributed by atoms with Crippen LogP contribution in [0.4, 0.5) is 17.1 Å². The lowest BCUT2D eigenvalue weighted by Gasteiger charge is -2.36. The zero-order valence-electron chi connectivity index (χ0n) is 15.6. The van der Waals surface area contributed by atoms with Gasteiger partial charge in [-0.15, -0.1) is 0 Å². The Morgan fingerprint density at radius 1 is 0.964 bits per heavy atom. The van der Waals surface area contributed by atoms with Gasteiger partial charge >= 0.3 is 0 Å². The number of carbonyl (C=O) groups excluding carboxylic acids is 2. The molecule has 0 aromatic heterocycles. The number of aryl methyl sites for hydroxylation is 1. The van der Waals surface area contributed by atoms with Crippen LogP contribution in [0.5, 0.6) is 0 Å². The fraction of sp³-hybridized carbons (Fsp3) is 0.130. The van der Waals surface area contributed by atoms with Crippen molar-refractivity contribution in [1.29, 1.82) is 0 Å². The van der Waals surface area contributed by atoms with Gasteiger partial charge in [-0.2, -0.15) is 0 Å². The van der Waals surface area contributed by atoms with Crippen LogP contribution in [0, 0.1) is 6.92 Å². The number of anilines is 3. The van der Waals surface area contributed by atoms with Crippen molar-refractivity contribution < 1.29 is 9.59 Å². The highest BCUT2D eigenvalue weighted by atomic mass is 16.2. The molecule has 1 heterocycles. The SMILES string of the molecule is Cc1ccccc1NC(=O)C(c1ccccc1)N1CC(=O)Nc2ccccc21. The van der Waals surface area contributed by atoms with Crippen LogP contribution in [-0.4, -0.2) is 18.4 Å². The van der Waals surface area contributed by atoms with E-state index in [2.05, 4.69) is 10.6 Å². The third-order valence-electron chi connectivity index (χ3n) is 4.88. The van der Waals surface area contributed by atoms with E-state index in [0.29, 0.717) is 5.69 Å². The van der Waals surface area contributed by atoms with Gasteiger partial charge in [-0.25, -0.2) is 0 Å². The predicted octanol–water partition coefficient (Wildman–Crippen LogP) is 4.13. The van der Waals surface area contributed by atoms with E-state index < -0.39 is 6.04 Å². The van der Waals surface area contributed by atoms with Crippen LogP contribution >= 0.6 is 0 Å². The van der Waals surface area contributed by atoms with Crippen LogP contribution in [0.3, 0.4) is 0 Å². The summed E-state index contributed by atoms with van der Waals surface area (Å²) < 4.78 is 0. The summed E-state index contributed by atoms with van der Waals surface area (Å²) >= 11 is 0. The second-order valence-electron chi connectivity index (χ2n) is 6.81. The minimum Gasteiger partial charge on any atom is -0.345 e. The number of rotatable bonds is 4. The van der Waals surface area contributed by atoms with Gasteiger partial charge in [0, 0.05) is 5.69 Å². The monoisotopic (exact) mass is 371 g/mol. The molecule has 1 unspecified atom stereocenters. The fourth-order valence-electron chi connectivity index (χ4n) is 3.51. The Morgan fingerprint density at radius 3 is 2.43 bits per heavy atom. The highest BCUT2D eigenvalue weighted by Gasteiger charge is 2.33. The summed E-state index contributed by atoms with van der Waals surface area (Å²) in [6.45, 7) is 2.06. The van der Waals surface area contributed by atoms with Crippen molar-refractivity contribution in [2.24, 2.45) is 0 Å². The molecule has 5 heteroatoms. The Bertz CT molecular complexity index is 1020. The smallest absolute Gasteiger partial charge is 0.251 e. The zero-order chi connectivity index (χ0) is 19.5. The van der Waals surface area contributed by atoms with Gasteiger partial charge in [0.25, 0.3) is 5.91 Å². The van der Waals surface area contributed by atoms with Crippen molar-refractivity contribution in [1.82, 2.24) is 0 Å². The molecule has 1 aliphatic rings. The maximum atomic E-state index is 13.4. The molecule has 0 aliphatic carbocycles. The topological polar surface area (TPSA) is 61.4 Å². The standard InChI is InChI=1S/C23H21N3O2/c1-16-9-5-6-12-18(16)25-23(28)22(17-10-3-2-4-11-17)26-15-21(27)24-19-13-7-8-14-20(19)26/h2-14,22H,15H2,1H3,(H,24,27)(H,25,28). The van der Waals surface area contributed by atoms with Crippen LogP contribution in [-0.2, 0) is 9.59 Å². The molecule has 0 saturated heterocycles. The number of amides is 2. The number of para-hydroxylation sites is 3. The molecular formula is C23H21N3O2. The Morgan fingerprint density at radius 2 is 1.64 bits per heavy atom. The minimum absolute atomic E-state index is 0.109. The third-order valence-corrected chi connectivity index (χ3v) is 4.88. The summed E-state index contributed by atoms with van der Waals surface area (Å²) in [5.74, 6) is -0.312. The van der Waals surface area contributed by atoms with Gasteiger partial charge in [-0.3, -0.25) is 9.59 Å². The number of fused-ring (bicyclic) bond motifs is 1. The second kappa shape index (κ2) is 7.56. The molecule has 140 valence electrons. The summed E-state index contributed by atoms with van der Waals surface area (Å²) in [5, 5.41) is 5.92. The summed E-state index contributed by atoms with van der Waals surface area (Å²) in [5.41, 5.74) is 4.12. The van der Waals surface area contributed by atoms with Gasteiger partial charge < -0.3 is 15.5 Å². The van der Waals surface area contributed by atoms with Crippen molar-refractivity contribution >= 4 is 28.9 Å². The van der Waals surface area contributed by atoms with E-state index >= 15 is 0 Å². The van der Waals surface area contributed by atoms with Crippen molar-refractivity contribution in [2.45, 2.75) is 13.0 Å². The van der Waals surface area contributed by atoms with Gasteiger partial charge in [0.1, 0.15) is 6.04 Å². The maximum absolute atomic E-state index is 13.4. The average molecular weight is 371 g/mol. The summed E-state index contributed by atoms with van der Waals surface area (Å²) in [6.07, 6.45) is 0. The molecule has 0 radical (unpaired) electrons.